The van der Waals surface area contributed by atoms with Crippen molar-refractivity contribution in [2.24, 2.45) is 0 Å². The maximum Gasteiger partial charge on any atom is 0.416 e. The number of nitrogens with two attached hydrogens (primary N) is 1. The zero-order valence-electron chi connectivity index (χ0n) is 8.27. The van der Waals surface area contributed by atoms with Gasteiger partial charge in [-0.15, -0.1) is 0 Å². The Bertz CT molecular complexity index is 336. The number of anilines is 1. The molecule has 1 rings (SSSR count). The second-order valence-corrected chi connectivity index (χ2v) is 4.32. The van der Waals surface area contributed by atoms with Gasteiger partial charge in [-0.3, -0.25) is 0 Å². The van der Waals surface area contributed by atoms with Crippen LogP contribution in [0, 0.1) is 0 Å². The van der Waals surface area contributed by atoms with Gasteiger partial charge in [0.1, 0.15) is 0 Å². The number of hydrogen-bond donors (Lipinski definition) is 1. The number of benzene rings is 1. The molecule has 0 amide bonds. The van der Waals surface area contributed by atoms with Crippen molar-refractivity contribution < 1.29 is 13.2 Å². The first-order valence-electron chi connectivity index (χ1n) is 4.48. The molecule has 0 bridgehead atoms. The van der Waals surface area contributed by atoms with E-state index in [9.17, 15) is 13.2 Å². The summed E-state index contributed by atoms with van der Waals surface area (Å²) in [7, 11) is 0. The minimum absolute atomic E-state index is 0.214. The molecule has 15 heavy (non-hydrogen) atoms. The molecule has 0 atom stereocenters. The highest BCUT2D eigenvalue weighted by atomic mass is 32.2. The fourth-order valence-corrected chi connectivity index (χ4v) is 1.80. The van der Waals surface area contributed by atoms with E-state index in [0.29, 0.717) is 5.75 Å². The number of nitrogen functional groups attached to an aromatic ring is 1. The van der Waals surface area contributed by atoms with Gasteiger partial charge in [0.15, 0.2) is 0 Å². The molecule has 0 fully saturated rings. The van der Waals surface area contributed by atoms with Crippen molar-refractivity contribution in [3.8, 4) is 0 Å². The first-order chi connectivity index (χ1) is 6.95. The molecule has 84 valence electrons. The lowest BCUT2D eigenvalue weighted by Gasteiger charge is -2.10. The molecule has 1 aromatic rings. The lowest BCUT2D eigenvalue weighted by molar-refractivity contribution is -0.137. The fourth-order valence-electron chi connectivity index (χ4n) is 1.11. The van der Waals surface area contributed by atoms with E-state index in [0.717, 1.165) is 23.4 Å². The largest absolute Gasteiger partial charge is 0.416 e. The Morgan fingerprint density at radius 2 is 2.00 bits per heavy atom. The maximum absolute atomic E-state index is 12.3. The molecule has 0 unspecified atom stereocenters. The van der Waals surface area contributed by atoms with Crippen LogP contribution in [0.2, 0.25) is 0 Å². The summed E-state index contributed by atoms with van der Waals surface area (Å²) in [6, 6.07) is 3.51. The third kappa shape index (κ3) is 3.34. The Morgan fingerprint density at radius 3 is 2.47 bits per heavy atom. The van der Waals surface area contributed by atoms with E-state index in [1.165, 1.54) is 6.07 Å². The Balaban J connectivity index is 2.88. The van der Waals surface area contributed by atoms with Crippen LogP contribution in [0.25, 0.3) is 0 Å². The summed E-state index contributed by atoms with van der Waals surface area (Å²) in [4.78, 5) is 0. The van der Waals surface area contributed by atoms with Gasteiger partial charge in [0, 0.05) is 11.4 Å². The molecule has 0 radical (unpaired) electrons. The lowest BCUT2D eigenvalue weighted by atomic mass is 10.1. The van der Waals surface area contributed by atoms with Gasteiger partial charge in [-0.05, 0) is 23.4 Å². The summed E-state index contributed by atoms with van der Waals surface area (Å²) in [5.74, 6) is 1.57. The molecule has 1 aromatic carbocycles. The molecule has 0 aromatic heterocycles. The van der Waals surface area contributed by atoms with Crippen LogP contribution < -0.4 is 5.73 Å². The number of alkyl halides is 3. The van der Waals surface area contributed by atoms with Gasteiger partial charge in [-0.25, -0.2) is 0 Å². The molecule has 2 N–H and O–H groups in total. The van der Waals surface area contributed by atoms with Crippen molar-refractivity contribution in [3.05, 3.63) is 29.3 Å². The van der Waals surface area contributed by atoms with E-state index < -0.39 is 11.7 Å². The molecule has 0 heterocycles. The maximum atomic E-state index is 12.3. The standard InChI is InChI=1S/C10H12F3NS/c1-2-15-6-7-3-4-8(5-9(7)14)10(11,12)13/h3-5H,2,6,14H2,1H3. The first-order valence-corrected chi connectivity index (χ1v) is 5.64. The summed E-state index contributed by atoms with van der Waals surface area (Å²) in [5.41, 5.74) is 5.83. The summed E-state index contributed by atoms with van der Waals surface area (Å²) in [6.45, 7) is 1.99. The number of rotatable bonds is 3. The van der Waals surface area contributed by atoms with Crippen LogP contribution in [0.4, 0.5) is 18.9 Å². The van der Waals surface area contributed by atoms with Gasteiger partial charge in [0.05, 0.1) is 5.56 Å². The molecule has 5 heteroatoms. The molecule has 0 saturated carbocycles. The third-order valence-electron chi connectivity index (χ3n) is 1.93. The van der Waals surface area contributed by atoms with Crippen molar-refractivity contribution in [2.75, 3.05) is 11.5 Å². The van der Waals surface area contributed by atoms with Gasteiger partial charge in [-0.1, -0.05) is 13.0 Å². The summed E-state index contributed by atoms with van der Waals surface area (Å²) < 4.78 is 36.9. The molecular weight excluding hydrogens is 223 g/mol. The van der Waals surface area contributed by atoms with Crippen molar-refractivity contribution in [2.45, 2.75) is 18.9 Å². The summed E-state index contributed by atoms with van der Waals surface area (Å²) >= 11 is 1.63. The smallest absolute Gasteiger partial charge is 0.398 e. The van der Waals surface area contributed by atoms with Crippen LogP contribution in [0.15, 0.2) is 18.2 Å². The first kappa shape index (κ1) is 12.2. The predicted octanol–water partition coefficient (Wildman–Crippen LogP) is 3.54. The quantitative estimate of drug-likeness (QED) is 0.811. The van der Waals surface area contributed by atoms with Crippen LogP contribution in [-0.2, 0) is 11.9 Å². The van der Waals surface area contributed by atoms with Gasteiger partial charge < -0.3 is 5.73 Å². The predicted molar refractivity (Wildman–Crippen MR) is 57.7 cm³/mol. The fraction of sp³-hybridized carbons (Fsp3) is 0.400. The van der Waals surface area contributed by atoms with E-state index in [1.807, 2.05) is 6.92 Å². The Morgan fingerprint density at radius 1 is 1.33 bits per heavy atom. The van der Waals surface area contributed by atoms with E-state index in [2.05, 4.69) is 0 Å². The van der Waals surface area contributed by atoms with Crippen LogP contribution in [-0.4, -0.2) is 5.75 Å². The highest BCUT2D eigenvalue weighted by molar-refractivity contribution is 7.98. The van der Waals surface area contributed by atoms with Gasteiger partial charge in [0.25, 0.3) is 0 Å². The molecule has 0 aliphatic carbocycles. The third-order valence-corrected chi connectivity index (χ3v) is 2.86. The van der Waals surface area contributed by atoms with Crippen LogP contribution >= 0.6 is 11.8 Å². The number of halogens is 3. The lowest BCUT2D eigenvalue weighted by Crippen LogP contribution is -2.06. The Labute approximate surface area is 90.9 Å². The van der Waals surface area contributed by atoms with Crippen molar-refractivity contribution in [1.82, 2.24) is 0 Å². The molecule has 0 aliphatic rings. The van der Waals surface area contributed by atoms with Crippen LogP contribution in [0.5, 0.6) is 0 Å². The normalized spacial score (nSPS) is 11.7. The summed E-state index contributed by atoms with van der Waals surface area (Å²) in [5, 5.41) is 0. The van der Waals surface area contributed by atoms with Gasteiger partial charge >= 0.3 is 6.18 Å². The molecule has 1 nitrogen and oxygen atoms in total. The van der Waals surface area contributed by atoms with Gasteiger partial charge in [-0.2, -0.15) is 24.9 Å². The minimum atomic E-state index is -4.31. The zero-order chi connectivity index (χ0) is 11.5. The average molecular weight is 235 g/mol. The molecule has 0 aliphatic heterocycles. The van der Waals surface area contributed by atoms with Crippen molar-refractivity contribution >= 4 is 17.4 Å². The zero-order valence-corrected chi connectivity index (χ0v) is 9.08. The summed E-state index contributed by atoms with van der Waals surface area (Å²) in [6.07, 6.45) is -4.31. The van der Waals surface area contributed by atoms with Crippen LogP contribution in [0.3, 0.4) is 0 Å². The second-order valence-electron chi connectivity index (χ2n) is 3.05. The molecule has 0 saturated heterocycles. The second kappa shape index (κ2) is 4.79. The van der Waals surface area contributed by atoms with Crippen LogP contribution in [0.1, 0.15) is 18.1 Å². The Hall–Kier alpha value is -0.840. The Kier molecular flexibility index (Phi) is 3.90. The highest BCUT2D eigenvalue weighted by Crippen LogP contribution is 2.32. The molecule has 0 spiro atoms. The SMILES string of the molecule is CCSCc1ccc(C(F)(F)F)cc1N. The molecular formula is C10H12F3NS. The monoisotopic (exact) mass is 235 g/mol. The number of thioether (sulfide) groups is 1. The van der Waals surface area contributed by atoms with E-state index >= 15 is 0 Å². The number of hydrogen-bond acceptors (Lipinski definition) is 2. The van der Waals surface area contributed by atoms with E-state index in [1.54, 1.807) is 11.8 Å². The highest BCUT2D eigenvalue weighted by Gasteiger charge is 2.30. The average Bonchev–Trinajstić information content (AvgIpc) is 2.14. The van der Waals surface area contributed by atoms with Crippen molar-refractivity contribution in [1.29, 1.82) is 0 Å². The van der Waals surface area contributed by atoms with Crippen molar-refractivity contribution in [3.63, 3.8) is 0 Å². The van der Waals surface area contributed by atoms with E-state index in [4.69, 9.17) is 5.73 Å². The van der Waals surface area contributed by atoms with Gasteiger partial charge in [0.2, 0.25) is 0 Å². The minimum Gasteiger partial charge on any atom is -0.398 e. The van der Waals surface area contributed by atoms with E-state index in [-0.39, 0.29) is 5.69 Å². The topological polar surface area (TPSA) is 26.0 Å².